The monoisotopic (exact) mass is 325 g/mol. The van der Waals surface area contributed by atoms with E-state index in [1.54, 1.807) is 0 Å². The molecule has 1 atom stereocenters. The molecular weight excluding hydrogens is 302 g/mol. The minimum atomic E-state index is -0.0181. The Balaban J connectivity index is 1.49. The molecule has 5 nitrogen and oxygen atoms in total. The molecule has 1 aliphatic carbocycles. The van der Waals surface area contributed by atoms with Crippen LogP contribution in [0.5, 0.6) is 0 Å². The number of likely N-dealkylation sites (tertiary alicyclic amines) is 1. The first-order chi connectivity index (χ1) is 11.6. The summed E-state index contributed by atoms with van der Waals surface area (Å²) in [6.45, 7) is 3.37. The van der Waals surface area contributed by atoms with Crippen LogP contribution >= 0.6 is 0 Å². The van der Waals surface area contributed by atoms with Crippen LogP contribution in [0.25, 0.3) is 0 Å². The van der Waals surface area contributed by atoms with Gasteiger partial charge < -0.3 is 9.42 Å². The van der Waals surface area contributed by atoms with E-state index in [-0.39, 0.29) is 11.3 Å². The maximum absolute atomic E-state index is 12.4. The lowest BCUT2D eigenvalue weighted by atomic mass is 9.75. The molecule has 0 N–H and O–H groups in total. The van der Waals surface area contributed by atoms with Crippen molar-refractivity contribution in [3.8, 4) is 0 Å². The lowest BCUT2D eigenvalue weighted by Gasteiger charge is -2.40. The van der Waals surface area contributed by atoms with Gasteiger partial charge in [-0.25, -0.2) is 0 Å². The van der Waals surface area contributed by atoms with Gasteiger partial charge in [0.15, 0.2) is 5.82 Å². The van der Waals surface area contributed by atoms with Gasteiger partial charge in [-0.1, -0.05) is 48.8 Å². The third kappa shape index (κ3) is 2.83. The number of piperidine rings is 1. The third-order valence-corrected chi connectivity index (χ3v) is 5.52. The molecule has 5 heteroatoms. The number of nitrogens with zero attached hydrogens (tertiary/aromatic N) is 3. The molecule has 2 aliphatic rings. The van der Waals surface area contributed by atoms with Crippen molar-refractivity contribution in [3.63, 3.8) is 0 Å². The van der Waals surface area contributed by atoms with Crippen molar-refractivity contribution in [1.82, 2.24) is 15.0 Å². The van der Waals surface area contributed by atoms with Crippen LogP contribution in [-0.4, -0.2) is 27.5 Å². The van der Waals surface area contributed by atoms with Crippen molar-refractivity contribution in [1.29, 1.82) is 0 Å². The molecule has 1 aliphatic heterocycles. The van der Waals surface area contributed by atoms with Crippen LogP contribution in [0.4, 0.5) is 0 Å². The number of carbonyl (C=O) groups is 1. The SMILES string of the molecule is CC1(c2ccccc2)CCC(=O)N(Cc2noc(C3CCC3)n2)C1. The van der Waals surface area contributed by atoms with E-state index in [1.807, 2.05) is 11.0 Å². The van der Waals surface area contributed by atoms with Gasteiger partial charge in [0.25, 0.3) is 0 Å². The first-order valence-corrected chi connectivity index (χ1v) is 8.80. The van der Waals surface area contributed by atoms with Gasteiger partial charge in [0.1, 0.15) is 0 Å². The molecule has 2 fully saturated rings. The maximum atomic E-state index is 12.4. The van der Waals surface area contributed by atoms with Crippen molar-refractivity contribution in [2.45, 2.75) is 56.9 Å². The van der Waals surface area contributed by atoms with Crippen molar-refractivity contribution in [2.24, 2.45) is 0 Å². The number of benzene rings is 1. The highest BCUT2D eigenvalue weighted by Gasteiger charge is 2.37. The zero-order valence-electron chi connectivity index (χ0n) is 14.1. The summed E-state index contributed by atoms with van der Waals surface area (Å²) in [4.78, 5) is 18.8. The van der Waals surface area contributed by atoms with Crippen molar-refractivity contribution < 1.29 is 9.32 Å². The molecule has 1 saturated carbocycles. The fourth-order valence-corrected chi connectivity index (χ4v) is 3.67. The summed E-state index contributed by atoms with van der Waals surface area (Å²) in [5, 5.41) is 4.09. The number of carbonyl (C=O) groups excluding carboxylic acids is 1. The number of aromatic nitrogens is 2. The normalized spacial score (nSPS) is 24.9. The number of rotatable bonds is 4. The minimum absolute atomic E-state index is 0.0181. The molecule has 126 valence electrons. The minimum Gasteiger partial charge on any atom is -0.339 e. The van der Waals surface area contributed by atoms with E-state index in [4.69, 9.17) is 4.52 Å². The highest BCUT2D eigenvalue weighted by atomic mass is 16.5. The largest absolute Gasteiger partial charge is 0.339 e. The quantitative estimate of drug-likeness (QED) is 0.864. The fraction of sp³-hybridized carbons (Fsp3) is 0.526. The summed E-state index contributed by atoms with van der Waals surface area (Å²) in [6.07, 6.45) is 4.96. The second-order valence-electron chi connectivity index (χ2n) is 7.35. The van der Waals surface area contributed by atoms with Crippen LogP contribution in [0.2, 0.25) is 0 Å². The molecule has 1 aromatic heterocycles. The van der Waals surface area contributed by atoms with Gasteiger partial charge in [-0.05, 0) is 24.8 Å². The van der Waals surface area contributed by atoms with Gasteiger partial charge in [-0.2, -0.15) is 4.98 Å². The zero-order chi connectivity index (χ0) is 16.6. The maximum Gasteiger partial charge on any atom is 0.229 e. The van der Waals surface area contributed by atoms with E-state index >= 15 is 0 Å². The molecular formula is C19H23N3O2. The lowest BCUT2D eigenvalue weighted by molar-refractivity contribution is -0.136. The molecule has 1 aromatic carbocycles. The van der Waals surface area contributed by atoms with E-state index < -0.39 is 0 Å². The predicted octanol–water partition coefficient (Wildman–Crippen LogP) is 3.42. The second-order valence-corrected chi connectivity index (χ2v) is 7.35. The average Bonchev–Trinajstić information content (AvgIpc) is 2.98. The van der Waals surface area contributed by atoms with Gasteiger partial charge in [0.2, 0.25) is 11.8 Å². The highest BCUT2D eigenvalue weighted by molar-refractivity contribution is 5.77. The Morgan fingerprint density at radius 1 is 1.29 bits per heavy atom. The molecule has 0 radical (unpaired) electrons. The van der Waals surface area contributed by atoms with Crippen molar-refractivity contribution >= 4 is 5.91 Å². The van der Waals surface area contributed by atoms with Crippen LogP contribution in [-0.2, 0) is 16.8 Å². The Morgan fingerprint density at radius 2 is 2.08 bits per heavy atom. The fourth-order valence-electron chi connectivity index (χ4n) is 3.67. The number of hydrogen-bond acceptors (Lipinski definition) is 4. The summed E-state index contributed by atoms with van der Waals surface area (Å²) in [5.41, 5.74) is 1.26. The van der Waals surface area contributed by atoms with Crippen LogP contribution in [0.1, 0.15) is 62.2 Å². The highest BCUT2D eigenvalue weighted by Crippen LogP contribution is 2.36. The number of hydrogen-bond donors (Lipinski definition) is 0. The van der Waals surface area contributed by atoms with Crippen LogP contribution < -0.4 is 0 Å². The summed E-state index contributed by atoms with van der Waals surface area (Å²) >= 11 is 0. The van der Waals surface area contributed by atoms with Gasteiger partial charge in [-0.15, -0.1) is 0 Å². The van der Waals surface area contributed by atoms with Crippen LogP contribution in [0.15, 0.2) is 34.9 Å². The van der Waals surface area contributed by atoms with Gasteiger partial charge in [0.05, 0.1) is 6.54 Å². The molecule has 2 heterocycles. The molecule has 4 rings (SSSR count). The van der Waals surface area contributed by atoms with Crippen molar-refractivity contribution in [3.05, 3.63) is 47.6 Å². The predicted molar refractivity (Wildman–Crippen MR) is 89.3 cm³/mol. The van der Waals surface area contributed by atoms with Crippen molar-refractivity contribution in [2.75, 3.05) is 6.54 Å². The van der Waals surface area contributed by atoms with E-state index in [1.165, 1.54) is 12.0 Å². The molecule has 2 aromatic rings. The van der Waals surface area contributed by atoms with E-state index in [9.17, 15) is 4.79 Å². The topological polar surface area (TPSA) is 59.2 Å². The smallest absolute Gasteiger partial charge is 0.229 e. The standard InChI is InChI=1S/C19H23N3O2/c1-19(15-8-3-2-4-9-15)11-10-17(23)22(13-19)12-16-20-18(24-21-16)14-6-5-7-14/h2-4,8-9,14H,5-7,10-13H2,1H3. The molecule has 24 heavy (non-hydrogen) atoms. The Kier molecular flexibility index (Phi) is 3.87. The second kappa shape index (κ2) is 6.04. The van der Waals surface area contributed by atoms with E-state index in [2.05, 4.69) is 41.3 Å². The Labute approximate surface area is 142 Å². The zero-order valence-corrected chi connectivity index (χ0v) is 14.1. The molecule has 1 amide bonds. The number of amides is 1. The third-order valence-electron chi connectivity index (χ3n) is 5.52. The first-order valence-electron chi connectivity index (χ1n) is 8.80. The summed E-state index contributed by atoms with van der Waals surface area (Å²) in [5.74, 6) is 1.98. The summed E-state index contributed by atoms with van der Waals surface area (Å²) < 4.78 is 5.38. The Hall–Kier alpha value is -2.17. The molecule has 1 saturated heterocycles. The van der Waals surface area contributed by atoms with E-state index in [0.717, 1.165) is 25.2 Å². The van der Waals surface area contributed by atoms with E-state index in [0.29, 0.717) is 31.3 Å². The van der Waals surface area contributed by atoms with Crippen LogP contribution in [0, 0.1) is 0 Å². The van der Waals surface area contributed by atoms with Gasteiger partial charge >= 0.3 is 0 Å². The van der Waals surface area contributed by atoms with Gasteiger partial charge in [-0.3, -0.25) is 4.79 Å². The average molecular weight is 325 g/mol. The molecule has 0 bridgehead atoms. The lowest BCUT2D eigenvalue weighted by Crippen LogP contribution is -2.47. The Morgan fingerprint density at radius 3 is 2.79 bits per heavy atom. The first kappa shape index (κ1) is 15.4. The summed E-state index contributed by atoms with van der Waals surface area (Å²) in [7, 11) is 0. The van der Waals surface area contributed by atoms with Gasteiger partial charge in [0, 0.05) is 24.3 Å². The van der Waals surface area contributed by atoms with Crippen LogP contribution in [0.3, 0.4) is 0 Å². The molecule has 1 unspecified atom stereocenters. The summed E-state index contributed by atoms with van der Waals surface area (Å²) in [6, 6.07) is 10.4. The Bertz CT molecular complexity index is 723. The molecule has 0 spiro atoms.